The number of ether oxygens (including phenoxy) is 3. The Labute approximate surface area is 212 Å². The molecule has 9 nitrogen and oxygen atoms in total. The van der Waals surface area contributed by atoms with Gasteiger partial charge in [-0.1, -0.05) is 53.6 Å². The molecular formula is C25H23N3O6S2. The second-order valence-corrected chi connectivity index (χ2v) is 10.7. The molecule has 0 aliphatic heterocycles. The summed E-state index contributed by atoms with van der Waals surface area (Å²) in [4.78, 5) is 12.4. The first-order valence-corrected chi connectivity index (χ1v) is 13.2. The third kappa shape index (κ3) is 5.99. The Balaban J connectivity index is 1.40. The molecule has 11 heteroatoms. The van der Waals surface area contributed by atoms with E-state index in [2.05, 4.69) is 15.5 Å². The topological polar surface area (TPSA) is 117 Å². The Morgan fingerprint density at radius 3 is 2.28 bits per heavy atom. The summed E-state index contributed by atoms with van der Waals surface area (Å²) < 4.78 is 41.9. The van der Waals surface area contributed by atoms with Gasteiger partial charge in [-0.05, 0) is 46.7 Å². The molecule has 1 amide bonds. The number of nitrogens with zero attached hydrogens (tertiary/aromatic N) is 2. The predicted molar refractivity (Wildman–Crippen MR) is 134 cm³/mol. The Morgan fingerprint density at radius 2 is 1.58 bits per heavy atom. The number of carbonyl (C=O) groups is 1. The summed E-state index contributed by atoms with van der Waals surface area (Å²) in [6, 6.07) is 21.0. The van der Waals surface area contributed by atoms with Crippen molar-refractivity contribution in [2.45, 2.75) is 16.6 Å². The molecule has 0 fully saturated rings. The van der Waals surface area contributed by atoms with Crippen LogP contribution in [0.4, 0.5) is 0 Å². The van der Waals surface area contributed by atoms with Gasteiger partial charge in [-0.15, -0.1) is 5.10 Å². The molecule has 0 unspecified atom stereocenters. The first-order chi connectivity index (χ1) is 17.4. The molecule has 0 saturated carbocycles. The quantitative estimate of drug-likeness (QED) is 0.327. The van der Waals surface area contributed by atoms with Crippen LogP contribution in [-0.2, 0) is 22.1 Å². The molecule has 4 rings (SSSR count). The van der Waals surface area contributed by atoms with Gasteiger partial charge in [0.05, 0.1) is 20.0 Å². The summed E-state index contributed by atoms with van der Waals surface area (Å²) in [5.74, 6) is 0.595. The molecule has 1 N–H and O–H groups in total. The van der Waals surface area contributed by atoms with Crippen LogP contribution in [0.25, 0.3) is 0 Å². The van der Waals surface area contributed by atoms with Crippen molar-refractivity contribution in [1.82, 2.24) is 15.5 Å². The van der Waals surface area contributed by atoms with Gasteiger partial charge in [0.15, 0.2) is 11.5 Å². The summed E-state index contributed by atoms with van der Waals surface area (Å²) in [6.07, 6.45) is 0. The Kier molecular flexibility index (Phi) is 7.81. The van der Waals surface area contributed by atoms with E-state index in [1.807, 2.05) is 30.3 Å². The lowest BCUT2D eigenvalue weighted by Crippen LogP contribution is -2.22. The van der Waals surface area contributed by atoms with Crippen molar-refractivity contribution in [2.75, 3.05) is 14.2 Å². The van der Waals surface area contributed by atoms with E-state index >= 15 is 0 Å². The van der Waals surface area contributed by atoms with Crippen molar-refractivity contribution < 1.29 is 27.4 Å². The number of para-hydroxylation sites is 1. The van der Waals surface area contributed by atoms with Gasteiger partial charge in [0.1, 0.15) is 0 Å². The number of sulfone groups is 1. The van der Waals surface area contributed by atoms with Gasteiger partial charge < -0.3 is 19.5 Å². The molecule has 0 spiro atoms. The molecule has 36 heavy (non-hydrogen) atoms. The van der Waals surface area contributed by atoms with Crippen molar-refractivity contribution in [3.8, 4) is 22.4 Å². The maximum Gasteiger partial charge on any atom is 0.300 e. The van der Waals surface area contributed by atoms with Crippen LogP contribution >= 0.6 is 11.3 Å². The lowest BCUT2D eigenvalue weighted by molar-refractivity contribution is 0.0951. The maximum atomic E-state index is 12.9. The van der Waals surface area contributed by atoms with E-state index in [0.717, 1.165) is 16.9 Å². The highest BCUT2D eigenvalue weighted by molar-refractivity contribution is 7.92. The van der Waals surface area contributed by atoms with Gasteiger partial charge >= 0.3 is 5.19 Å². The van der Waals surface area contributed by atoms with Gasteiger partial charge in [-0.2, -0.15) is 0 Å². The third-order valence-electron chi connectivity index (χ3n) is 5.09. The van der Waals surface area contributed by atoms with Crippen LogP contribution in [0.1, 0.15) is 21.5 Å². The zero-order valence-electron chi connectivity index (χ0n) is 19.5. The Bertz CT molecular complexity index is 1440. The SMILES string of the molecule is COc1cccc(Oc2nnc(S(=O)(=O)Cc3ccc(C(=O)NCc4ccccc4)cc3)s2)c1OC. The number of hydrogen-bond donors (Lipinski definition) is 1. The average molecular weight is 526 g/mol. The third-order valence-corrected chi connectivity index (χ3v) is 8.02. The second kappa shape index (κ2) is 11.2. The first-order valence-electron chi connectivity index (χ1n) is 10.8. The molecule has 0 aliphatic rings. The molecule has 0 saturated heterocycles. The largest absolute Gasteiger partial charge is 0.493 e. The number of hydrogen-bond acceptors (Lipinski definition) is 9. The Hall–Kier alpha value is -3.96. The van der Waals surface area contributed by atoms with Crippen molar-refractivity contribution in [2.24, 2.45) is 0 Å². The summed E-state index contributed by atoms with van der Waals surface area (Å²) in [5, 5.41) is 10.5. The van der Waals surface area contributed by atoms with Crippen molar-refractivity contribution in [3.63, 3.8) is 0 Å². The van der Waals surface area contributed by atoms with Crippen LogP contribution in [0.5, 0.6) is 22.4 Å². The summed E-state index contributed by atoms with van der Waals surface area (Å²) in [6.45, 7) is 0.402. The standard InChI is InChI=1S/C25H23N3O6S2/c1-32-20-9-6-10-21(22(20)33-2)34-24-27-28-25(35-24)36(30,31)16-18-11-13-19(14-12-18)23(29)26-15-17-7-4-3-5-8-17/h3-14H,15-16H2,1-2H3,(H,26,29). The van der Waals surface area contributed by atoms with Gasteiger partial charge in [0, 0.05) is 12.1 Å². The van der Waals surface area contributed by atoms with E-state index in [4.69, 9.17) is 14.2 Å². The van der Waals surface area contributed by atoms with Crippen molar-refractivity contribution >= 4 is 27.1 Å². The predicted octanol–water partition coefficient (Wildman–Crippen LogP) is 4.25. The highest BCUT2D eigenvalue weighted by atomic mass is 32.2. The molecule has 1 aromatic heterocycles. The lowest BCUT2D eigenvalue weighted by atomic mass is 10.1. The molecule has 1 heterocycles. The number of carbonyl (C=O) groups excluding carboxylic acids is 1. The van der Waals surface area contributed by atoms with E-state index in [0.29, 0.717) is 34.9 Å². The van der Waals surface area contributed by atoms with Crippen LogP contribution in [0, 0.1) is 0 Å². The van der Waals surface area contributed by atoms with Crippen molar-refractivity contribution in [1.29, 1.82) is 0 Å². The molecule has 0 aliphatic carbocycles. The number of methoxy groups -OCH3 is 2. The fourth-order valence-electron chi connectivity index (χ4n) is 3.31. The van der Waals surface area contributed by atoms with E-state index in [1.165, 1.54) is 14.2 Å². The highest BCUT2D eigenvalue weighted by Gasteiger charge is 2.23. The van der Waals surface area contributed by atoms with Gasteiger partial charge in [-0.25, -0.2) is 8.42 Å². The second-order valence-electron chi connectivity index (χ2n) is 7.55. The van der Waals surface area contributed by atoms with Gasteiger partial charge in [-0.3, -0.25) is 4.79 Å². The van der Waals surface area contributed by atoms with Crippen LogP contribution in [0.2, 0.25) is 0 Å². The van der Waals surface area contributed by atoms with E-state index < -0.39 is 9.84 Å². The fraction of sp³-hybridized carbons (Fsp3) is 0.160. The minimum absolute atomic E-state index is 0.0468. The molecule has 0 atom stereocenters. The lowest BCUT2D eigenvalue weighted by Gasteiger charge is -2.11. The van der Waals surface area contributed by atoms with Crippen molar-refractivity contribution in [3.05, 3.63) is 89.5 Å². The van der Waals surface area contributed by atoms with Crippen LogP contribution in [0.3, 0.4) is 0 Å². The van der Waals surface area contributed by atoms with Crippen LogP contribution in [-0.4, -0.2) is 38.7 Å². The smallest absolute Gasteiger partial charge is 0.300 e. The maximum absolute atomic E-state index is 12.9. The number of nitrogens with one attached hydrogen (secondary N) is 1. The molecule has 4 aromatic rings. The van der Waals surface area contributed by atoms with E-state index in [9.17, 15) is 13.2 Å². The number of amides is 1. The Morgan fingerprint density at radius 1 is 0.861 bits per heavy atom. The summed E-state index contributed by atoms with van der Waals surface area (Å²) >= 11 is 0.806. The molecule has 0 bridgehead atoms. The van der Waals surface area contributed by atoms with E-state index in [-0.39, 0.29) is 21.2 Å². The zero-order chi connectivity index (χ0) is 25.5. The fourth-order valence-corrected chi connectivity index (χ4v) is 5.57. The first kappa shape index (κ1) is 25.1. The van der Waals surface area contributed by atoms with E-state index in [1.54, 1.807) is 42.5 Å². The molecule has 3 aromatic carbocycles. The van der Waals surface area contributed by atoms with Gasteiger partial charge in [0.2, 0.25) is 19.9 Å². The molecular weight excluding hydrogens is 502 g/mol. The average Bonchev–Trinajstić information content (AvgIpc) is 3.37. The summed E-state index contributed by atoms with van der Waals surface area (Å²) in [7, 11) is -0.812. The minimum Gasteiger partial charge on any atom is -0.493 e. The van der Waals surface area contributed by atoms with Crippen LogP contribution < -0.4 is 19.5 Å². The monoisotopic (exact) mass is 525 g/mol. The normalized spacial score (nSPS) is 11.1. The van der Waals surface area contributed by atoms with Gasteiger partial charge in [0.25, 0.3) is 5.91 Å². The minimum atomic E-state index is -3.78. The number of rotatable bonds is 10. The number of benzene rings is 3. The highest BCUT2D eigenvalue weighted by Crippen LogP contribution is 2.40. The van der Waals surface area contributed by atoms with Crippen LogP contribution in [0.15, 0.2) is 77.1 Å². The summed E-state index contributed by atoms with van der Waals surface area (Å²) in [5.41, 5.74) is 1.94. The number of aromatic nitrogens is 2. The zero-order valence-corrected chi connectivity index (χ0v) is 21.1. The molecule has 186 valence electrons. The molecule has 0 radical (unpaired) electrons.